The Morgan fingerprint density at radius 2 is 2.00 bits per heavy atom. The second-order valence-electron chi connectivity index (χ2n) is 4.57. The Hall–Kier alpha value is -1.54. The van der Waals surface area contributed by atoms with Crippen molar-refractivity contribution in [3.05, 3.63) is 59.0 Å². The predicted molar refractivity (Wildman–Crippen MR) is 69.9 cm³/mol. The van der Waals surface area contributed by atoms with Crippen LogP contribution >= 0.6 is 0 Å². The molecule has 0 unspecified atom stereocenters. The molecule has 90 valence electrons. The highest BCUT2D eigenvalue weighted by molar-refractivity contribution is 5.31. The van der Waals surface area contributed by atoms with Crippen LogP contribution in [0.2, 0.25) is 0 Å². The molecule has 0 radical (unpaired) electrons. The van der Waals surface area contributed by atoms with Crippen LogP contribution in [0.4, 0.5) is 0 Å². The lowest BCUT2D eigenvalue weighted by Crippen LogP contribution is -2.11. The molecule has 0 aliphatic carbocycles. The van der Waals surface area contributed by atoms with E-state index in [2.05, 4.69) is 32.0 Å². The zero-order chi connectivity index (χ0) is 12.3. The van der Waals surface area contributed by atoms with E-state index < -0.39 is 0 Å². The van der Waals surface area contributed by atoms with Crippen molar-refractivity contribution in [2.75, 3.05) is 0 Å². The average Bonchev–Trinajstić information content (AvgIpc) is 2.82. The smallest absolute Gasteiger partial charge is 0.103 e. The van der Waals surface area contributed by atoms with Crippen LogP contribution in [-0.2, 0) is 6.42 Å². The fraction of sp³-hybridized carbons (Fsp3) is 0.333. The third-order valence-corrected chi connectivity index (χ3v) is 3.24. The first-order chi connectivity index (χ1) is 8.16. The lowest BCUT2D eigenvalue weighted by atomic mass is 9.98. The minimum atomic E-state index is 0.0828. The molecule has 17 heavy (non-hydrogen) atoms. The lowest BCUT2D eigenvalue weighted by Gasteiger charge is -2.13. The fourth-order valence-corrected chi connectivity index (χ4v) is 1.91. The van der Waals surface area contributed by atoms with Crippen LogP contribution < -0.4 is 5.73 Å². The zero-order valence-corrected chi connectivity index (χ0v) is 10.4. The van der Waals surface area contributed by atoms with E-state index in [0.29, 0.717) is 0 Å². The van der Waals surface area contributed by atoms with Gasteiger partial charge < -0.3 is 10.2 Å². The van der Waals surface area contributed by atoms with E-state index in [1.807, 2.05) is 12.1 Å². The molecule has 1 heterocycles. The molecule has 0 amide bonds. The Morgan fingerprint density at radius 1 is 1.18 bits per heavy atom. The first-order valence-corrected chi connectivity index (χ1v) is 6.02. The lowest BCUT2D eigenvalue weighted by molar-refractivity contribution is 0.488. The summed E-state index contributed by atoms with van der Waals surface area (Å²) in [6, 6.07) is 10.4. The third kappa shape index (κ3) is 2.98. The van der Waals surface area contributed by atoms with Gasteiger partial charge in [0.1, 0.15) is 5.76 Å². The van der Waals surface area contributed by atoms with E-state index in [0.717, 1.165) is 18.6 Å². The van der Waals surface area contributed by atoms with Crippen molar-refractivity contribution in [1.29, 1.82) is 0 Å². The summed E-state index contributed by atoms with van der Waals surface area (Å²) >= 11 is 0. The monoisotopic (exact) mass is 229 g/mol. The largest absolute Gasteiger partial charge is 0.469 e. The van der Waals surface area contributed by atoms with Gasteiger partial charge in [0, 0.05) is 12.5 Å². The Labute approximate surface area is 102 Å². The molecule has 2 nitrogen and oxygen atoms in total. The van der Waals surface area contributed by atoms with E-state index in [-0.39, 0.29) is 6.04 Å². The third-order valence-electron chi connectivity index (χ3n) is 3.24. The molecule has 0 fully saturated rings. The summed E-state index contributed by atoms with van der Waals surface area (Å²) < 4.78 is 5.31. The van der Waals surface area contributed by atoms with E-state index in [1.165, 1.54) is 16.7 Å². The van der Waals surface area contributed by atoms with Gasteiger partial charge in [-0.3, -0.25) is 0 Å². The van der Waals surface area contributed by atoms with Crippen molar-refractivity contribution >= 4 is 0 Å². The van der Waals surface area contributed by atoms with E-state index in [9.17, 15) is 0 Å². The molecule has 0 saturated carbocycles. The number of furan rings is 1. The van der Waals surface area contributed by atoms with E-state index in [1.54, 1.807) is 6.26 Å². The molecular weight excluding hydrogens is 210 g/mol. The molecule has 0 saturated heterocycles. The molecule has 2 N–H and O–H groups in total. The van der Waals surface area contributed by atoms with Gasteiger partial charge in [0.05, 0.1) is 6.26 Å². The van der Waals surface area contributed by atoms with Crippen LogP contribution in [0, 0.1) is 13.8 Å². The summed E-state index contributed by atoms with van der Waals surface area (Å²) in [6.07, 6.45) is 3.51. The minimum absolute atomic E-state index is 0.0828. The average molecular weight is 229 g/mol. The molecule has 0 aliphatic rings. The Balaban J connectivity index is 1.99. The van der Waals surface area contributed by atoms with Crippen molar-refractivity contribution in [2.24, 2.45) is 5.73 Å². The molecule has 2 aromatic rings. The maximum absolute atomic E-state index is 6.19. The zero-order valence-electron chi connectivity index (χ0n) is 10.4. The highest BCUT2D eigenvalue weighted by Crippen LogP contribution is 2.19. The molecule has 2 rings (SSSR count). The predicted octanol–water partition coefficient (Wildman–Crippen LogP) is 3.53. The highest BCUT2D eigenvalue weighted by Gasteiger charge is 2.08. The van der Waals surface area contributed by atoms with Crippen LogP contribution in [-0.4, -0.2) is 0 Å². The quantitative estimate of drug-likeness (QED) is 0.871. The molecule has 1 atom stereocenters. The Morgan fingerprint density at radius 3 is 2.65 bits per heavy atom. The highest BCUT2D eigenvalue weighted by atomic mass is 16.3. The molecular formula is C15H19NO. The van der Waals surface area contributed by atoms with Gasteiger partial charge in [-0.05, 0) is 49.1 Å². The normalized spacial score (nSPS) is 12.6. The van der Waals surface area contributed by atoms with Crippen LogP contribution in [0.15, 0.2) is 41.0 Å². The molecule has 0 aliphatic heterocycles. The summed E-state index contributed by atoms with van der Waals surface area (Å²) in [4.78, 5) is 0. The number of rotatable bonds is 4. The van der Waals surface area contributed by atoms with Crippen LogP contribution in [0.3, 0.4) is 0 Å². The summed E-state index contributed by atoms with van der Waals surface area (Å²) in [5.74, 6) is 1.00. The number of hydrogen-bond donors (Lipinski definition) is 1. The maximum Gasteiger partial charge on any atom is 0.103 e. The van der Waals surface area contributed by atoms with E-state index in [4.69, 9.17) is 10.2 Å². The van der Waals surface area contributed by atoms with Crippen molar-refractivity contribution in [2.45, 2.75) is 32.7 Å². The standard InChI is InChI=1S/C15H19NO/c1-11-5-6-13(10-12(11)2)15(16)8-7-14-4-3-9-17-14/h3-6,9-10,15H,7-8,16H2,1-2H3/t15-/m0/s1. The van der Waals surface area contributed by atoms with Gasteiger partial charge in [0.15, 0.2) is 0 Å². The van der Waals surface area contributed by atoms with Crippen molar-refractivity contribution in [3.63, 3.8) is 0 Å². The van der Waals surface area contributed by atoms with Crippen LogP contribution in [0.5, 0.6) is 0 Å². The molecule has 2 heteroatoms. The second kappa shape index (κ2) is 5.19. The first kappa shape index (κ1) is 11.9. The summed E-state index contributed by atoms with van der Waals surface area (Å²) in [5, 5.41) is 0. The summed E-state index contributed by atoms with van der Waals surface area (Å²) in [7, 11) is 0. The van der Waals surface area contributed by atoms with Gasteiger partial charge in [0.2, 0.25) is 0 Å². The minimum Gasteiger partial charge on any atom is -0.469 e. The SMILES string of the molecule is Cc1ccc([C@@H](N)CCc2ccco2)cc1C. The summed E-state index contributed by atoms with van der Waals surface area (Å²) in [5.41, 5.74) is 10.0. The topological polar surface area (TPSA) is 39.2 Å². The van der Waals surface area contributed by atoms with Gasteiger partial charge in [-0.2, -0.15) is 0 Å². The Bertz CT molecular complexity index is 474. The maximum atomic E-state index is 6.19. The number of hydrogen-bond acceptors (Lipinski definition) is 2. The number of nitrogens with two attached hydrogens (primary N) is 1. The number of benzene rings is 1. The van der Waals surface area contributed by atoms with Crippen LogP contribution in [0.1, 0.15) is 34.9 Å². The number of aryl methyl sites for hydroxylation is 3. The molecule has 0 spiro atoms. The molecule has 0 bridgehead atoms. The van der Waals surface area contributed by atoms with Gasteiger partial charge in [-0.25, -0.2) is 0 Å². The fourth-order valence-electron chi connectivity index (χ4n) is 1.91. The van der Waals surface area contributed by atoms with Gasteiger partial charge in [-0.15, -0.1) is 0 Å². The van der Waals surface area contributed by atoms with Crippen molar-refractivity contribution in [3.8, 4) is 0 Å². The summed E-state index contributed by atoms with van der Waals surface area (Å²) in [6.45, 7) is 4.24. The van der Waals surface area contributed by atoms with E-state index >= 15 is 0 Å². The van der Waals surface area contributed by atoms with Gasteiger partial charge in [0.25, 0.3) is 0 Å². The molecule has 1 aromatic heterocycles. The second-order valence-corrected chi connectivity index (χ2v) is 4.57. The van der Waals surface area contributed by atoms with Gasteiger partial charge >= 0.3 is 0 Å². The Kier molecular flexibility index (Phi) is 3.64. The van der Waals surface area contributed by atoms with Crippen molar-refractivity contribution in [1.82, 2.24) is 0 Å². The molecule has 1 aromatic carbocycles. The van der Waals surface area contributed by atoms with Crippen LogP contribution in [0.25, 0.3) is 0 Å². The van der Waals surface area contributed by atoms with Gasteiger partial charge in [-0.1, -0.05) is 18.2 Å². The van der Waals surface area contributed by atoms with Crippen molar-refractivity contribution < 1.29 is 4.42 Å². The first-order valence-electron chi connectivity index (χ1n) is 6.02.